The minimum absolute atomic E-state index is 0.165. The van der Waals surface area contributed by atoms with Gasteiger partial charge in [0.25, 0.3) is 0 Å². The van der Waals surface area contributed by atoms with Gasteiger partial charge in [0.1, 0.15) is 0 Å². The number of halogens is 1. The minimum atomic E-state index is 0.165. The highest BCUT2D eigenvalue weighted by atomic mass is 79.9. The van der Waals surface area contributed by atoms with Crippen LogP contribution in [0.25, 0.3) is 10.7 Å². The maximum atomic E-state index is 6.03. The SMILES string of the molecule is NC(Cc1nc(-c2ccc(Br)s2)no1)C1CC1. The molecule has 0 aromatic carbocycles. The maximum absolute atomic E-state index is 6.03. The molecule has 1 unspecified atom stereocenters. The van der Waals surface area contributed by atoms with E-state index in [4.69, 9.17) is 10.3 Å². The van der Waals surface area contributed by atoms with Gasteiger partial charge in [-0.15, -0.1) is 11.3 Å². The molecular formula is C11H12BrN3OS. The van der Waals surface area contributed by atoms with Crippen LogP contribution in [-0.4, -0.2) is 16.2 Å². The lowest BCUT2D eigenvalue weighted by molar-refractivity contribution is 0.364. The van der Waals surface area contributed by atoms with E-state index in [9.17, 15) is 0 Å². The fraction of sp³-hybridized carbons (Fsp3) is 0.455. The molecule has 17 heavy (non-hydrogen) atoms. The molecule has 3 rings (SSSR count). The molecule has 0 aliphatic heterocycles. The second kappa shape index (κ2) is 4.51. The Kier molecular flexibility index (Phi) is 3.02. The van der Waals surface area contributed by atoms with Crippen LogP contribution in [0.15, 0.2) is 20.4 Å². The zero-order valence-electron chi connectivity index (χ0n) is 9.10. The summed E-state index contributed by atoms with van der Waals surface area (Å²) in [6.07, 6.45) is 3.16. The van der Waals surface area contributed by atoms with Crippen molar-refractivity contribution in [2.24, 2.45) is 11.7 Å². The Labute approximate surface area is 111 Å². The lowest BCUT2D eigenvalue weighted by Crippen LogP contribution is -2.25. The van der Waals surface area contributed by atoms with Gasteiger partial charge in [0.2, 0.25) is 11.7 Å². The quantitative estimate of drug-likeness (QED) is 0.942. The van der Waals surface area contributed by atoms with Gasteiger partial charge >= 0.3 is 0 Å². The average Bonchev–Trinajstić information content (AvgIpc) is 2.92. The van der Waals surface area contributed by atoms with Crippen molar-refractivity contribution in [3.63, 3.8) is 0 Å². The summed E-state index contributed by atoms with van der Waals surface area (Å²) in [5, 5.41) is 3.98. The van der Waals surface area contributed by atoms with Gasteiger partial charge < -0.3 is 10.3 Å². The number of hydrogen-bond acceptors (Lipinski definition) is 5. The van der Waals surface area contributed by atoms with Gasteiger partial charge in [-0.2, -0.15) is 4.98 Å². The molecule has 6 heteroatoms. The van der Waals surface area contributed by atoms with Gasteiger partial charge in [0.05, 0.1) is 8.66 Å². The standard InChI is InChI=1S/C11H12BrN3OS/c12-9-4-3-8(17-9)11-14-10(16-15-11)5-7(13)6-1-2-6/h3-4,6-7H,1-2,5,13H2. The first-order chi connectivity index (χ1) is 8.22. The van der Waals surface area contributed by atoms with Crippen molar-refractivity contribution in [3.05, 3.63) is 21.8 Å². The first kappa shape index (κ1) is 11.4. The van der Waals surface area contributed by atoms with Crippen molar-refractivity contribution in [2.45, 2.75) is 25.3 Å². The van der Waals surface area contributed by atoms with Gasteiger partial charge in [0, 0.05) is 12.5 Å². The van der Waals surface area contributed by atoms with Crippen LogP contribution < -0.4 is 5.73 Å². The highest BCUT2D eigenvalue weighted by Gasteiger charge is 2.29. The van der Waals surface area contributed by atoms with Crippen LogP contribution in [0.2, 0.25) is 0 Å². The Hall–Kier alpha value is -0.720. The van der Waals surface area contributed by atoms with Gasteiger partial charge in [-0.05, 0) is 46.8 Å². The molecule has 2 heterocycles. The number of aromatic nitrogens is 2. The molecule has 0 amide bonds. The van der Waals surface area contributed by atoms with Crippen molar-refractivity contribution in [1.29, 1.82) is 0 Å². The zero-order valence-corrected chi connectivity index (χ0v) is 11.5. The van der Waals surface area contributed by atoms with E-state index in [1.807, 2.05) is 12.1 Å². The fourth-order valence-corrected chi connectivity index (χ4v) is 3.08. The summed E-state index contributed by atoms with van der Waals surface area (Å²) in [5.41, 5.74) is 6.03. The van der Waals surface area contributed by atoms with E-state index in [2.05, 4.69) is 26.1 Å². The first-order valence-corrected chi connectivity index (χ1v) is 7.17. The van der Waals surface area contributed by atoms with Crippen molar-refractivity contribution >= 4 is 27.3 Å². The van der Waals surface area contributed by atoms with E-state index in [0.29, 0.717) is 24.1 Å². The summed E-state index contributed by atoms with van der Waals surface area (Å²) < 4.78 is 6.29. The highest BCUT2D eigenvalue weighted by molar-refractivity contribution is 9.11. The van der Waals surface area contributed by atoms with Crippen molar-refractivity contribution in [2.75, 3.05) is 0 Å². The lowest BCUT2D eigenvalue weighted by atomic mass is 10.1. The van der Waals surface area contributed by atoms with Crippen LogP contribution in [0.4, 0.5) is 0 Å². The summed E-state index contributed by atoms with van der Waals surface area (Å²) in [4.78, 5) is 5.38. The fourth-order valence-electron chi connectivity index (χ4n) is 1.77. The van der Waals surface area contributed by atoms with Crippen molar-refractivity contribution in [1.82, 2.24) is 10.1 Å². The Morgan fingerprint density at radius 3 is 3.00 bits per heavy atom. The monoisotopic (exact) mass is 313 g/mol. The van der Waals surface area contributed by atoms with Crippen LogP contribution in [-0.2, 0) is 6.42 Å². The molecule has 1 aliphatic carbocycles. The van der Waals surface area contributed by atoms with E-state index in [1.165, 1.54) is 12.8 Å². The van der Waals surface area contributed by atoms with Crippen LogP contribution >= 0.6 is 27.3 Å². The molecule has 2 aromatic heterocycles. The molecule has 1 fully saturated rings. The number of thiophene rings is 1. The van der Waals surface area contributed by atoms with E-state index >= 15 is 0 Å². The molecule has 90 valence electrons. The van der Waals surface area contributed by atoms with Crippen molar-refractivity contribution < 1.29 is 4.52 Å². The van der Waals surface area contributed by atoms with Crippen LogP contribution in [0, 0.1) is 5.92 Å². The topological polar surface area (TPSA) is 64.9 Å². The molecule has 0 saturated heterocycles. The summed E-state index contributed by atoms with van der Waals surface area (Å²) >= 11 is 5.01. The van der Waals surface area contributed by atoms with Gasteiger partial charge in [0.15, 0.2) is 0 Å². The number of nitrogens with zero attached hydrogens (tertiary/aromatic N) is 2. The third kappa shape index (κ3) is 2.59. The second-order valence-electron chi connectivity index (χ2n) is 4.32. The van der Waals surface area contributed by atoms with E-state index in [0.717, 1.165) is 8.66 Å². The van der Waals surface area contributed by atoms with Crippen LogP contribution in [0.1, 0.15) is 18.7 Å². The maximum Gasteiger partial charge on any atom is 0.228 e. The van der Waals surface area contributed by atoms with Gasteiger partial charge in [-0.25, -0.2) is 0 Å². The summed E-state index contributed by atoms with van der Waals surface area (Å²) in [7, 11) is 0. The lowest BCUT2D eigenvalue weighted by Gasteiger charge is -2.04. The third-order valence-electron chi connectivity index (χ3n) is 2.90. The largest absolute Gasteiger partial charge is 0.339 e. The van der Waals surface area contributed by atoms with E-state index < -0.39 is 0 Å². The summed E-state index contributed by atoms with van der Waals surface area (Å²) in [5.74, 6) is 1.95. The Morgan fingerprint density at radius 2 is 2.35 bits per heavy atom. The average molecular weight is 314 g/mol. The van der Waals surface area contributed by atoms with Crippen LogP contribution in [0.5, 0.6) is 0 Å². The number of rotatable bonds is 4. The Bertz CT molecular complexity index is 520. The number of hydrogen-bond donors (Lipinski definition) is 1. The molecule has 1 aliphatic rings. The first-order valence-electron chi connectivity index (χ1n) is 5.56. The smallest absolute Gasteiger partial charge is 0.228 e. The Morgan fingerprint density at radius 1 is 1.53 bits per heavy atom. The van der Waals surface area contributed by atoms with Gasteiger partial charge in [-0.3, -0.25) is 0 Å². The Balaban J connectivity index is 1.73. The minimum Gasteiger partial charge on any atom is -0.339 e. The molecule has 0 bridgehead atoms. The van der Waals surface area contributed by atoms with Crippen LogP contribution in [0.3, 0.4) is 0 Å². The highest BCUT2D eigenvalue weighted by Crippen LogP contribution is 2.33. The van der Waals surface area contributed by atoms with Crippen molar-refractivity contribution in [3.8, 4) is 10.7 Å². The number of nitrogens with two attached hydrogens (primary N) is 1. The predicted octanol–water partition coefficient (Wildman–Crippen LogP) is 2.84. The molecule has 2 aromatic rings. The molecule has 0 radical (unpaired) electrons. The molecule has 1 atom stereocenters. The van der Waals surface area contributed by atoms with Gasteiger partial charge in [-0.1, -0.05) is 5.16 Å². The molecule has 2 N–H and O–H groups in total. The zero-order chi connectivity index (χ0) is 11.8. The third-order valence-corrected chi connectivity index (χ3v) is 4.52. The normalized spacial score (nSPS) is 17.3. The second-order valence-corrected chi connectivity index (χ2v) is 6.78. The summed E-state index contributed by atoms with van der Waals surface area (Å²) in [6.45, 7) is 0. The molecule has 1 saturated carbocycles. The molecule has 4 nitrogen and oxygen atoms in total. The van der Waals surface area contributed by atoms with E-state index in [-0.39, 0.29) is 6.04 Å². The van der Waals surface area contributed by atoms with E-state index in [1.54, 1.807) is 11.3 Å². The predicted molar refractivity (Wildman–Crippen MR) is 69.7 cm³/mol. The molecule has 0 spiro atoms. The summed E-state index contributed by atoms with van der Waals surface area (Å²) in [6, 6.07) is 4.12. The molecular weight excluding hydrogens is 302 g/mol.